The summed E-state index contributed by atoms with van der Waals surface area (Å²) in [4.78, 5) is 22.2. The molecule has 2 fully saturated rings. The molecule has 0 bridgehead atoms. The maximum absolute atomic E-state index is 13.0. The minimum absolute atomic E-state index is 0.0571. The zero-order chi connectivity index (χ0) is 25.6. The number of benzene rings is 2. The van der Waals surface area contributed by atoms with Crippen LogP contribution < -0.4 is 5.32 Å². The van der Waals surface area contributed by atoms with E-state index in [1.54, 1.807) is 18.2 Å². The Morgan fingerprint density at radius 2 is 1.78 bits per heavy atom. The number of nitrogens with zero attached hydrogens (tertiary/aromatic N) is 4. The predicted octanol–water partition coefficient (Wildman–Crippen LogP) is 5.56. The lowest BCUT2D eigenvalue weighted by molar-refractivity contribution is -0.127. The molecule has 1 aromatic heterocycles. The van der Waals surface area contributed by atoms with Gasteiger partial charge in [0.2, 0.25) is 17.6 Å². The van der Waals surface area contributed by atoms with E-state index in [2.05, 4.69) is 49.5 Å². The Morgan fingerprint density at radius 3 is 2.62 bits per heavy atom. The van der Waals surface area contributed by atoms with Crippen molar-refractivity contribution in [3.8, 4) is 11.4 Å². The molecule has 5 rings (SSSR count). The highest BCUT2D eigenvalue weighted by Crippen LogP contribution is 2.29. The van der Waals surface area contributed by atoms with E-state index < -0.39 is 0 Å². The lowest BCUT2D eigenvalue weighted by Crippen LogP contribution is -2.42. The van der Waals surface area contributed by atoms with Crippen molar-refractivity contribution in [2.75, 3.05) is 26.2 Å². The number of carbonyl (C=O) groups excluding carboxylic acids is 1. The molecule has 2 saturated heterocycles. The van der Waals surface area contributed by atoms with E-state index in [4.69, 9.17) is 27.7 Å². The van der Waals surface area contributed by atoms with E-state index in [0.29, 0.717) is 47.0 Å². The molecule has 1 amide bonds. The van der Waals surface area contributed by atoms with Gasteiger partial charge in [-0.1, -0.05) is 59.0 Å². The highest BCUT2D eigenvalue weighted by Gasteiger charge is 2.27. The van der Waals surface area contributed by atoms with Gasteiger partial charge in [0, 0.05) is 30.2 Å². The van der Waals surface area contributed by atoms with Crippen LogP contribution in [-0.2, 0) is 24.4 Å². The molecular formula is C28H33Cl2N5O2. The first kappa shape index (κ1) is 26.2. The third-order valence-electron chi connectivity index (χ3n) is 7.19. The first-order valence-electron chi connectivity index (χ1n) is 13.1. The average molecular weight is 543 g/mol. The summed E-state index contributed by atoms with van der Waals surface area (Å²) in [6.45, 7) is 5.96. The lowest BCUT2D eigenvalue weighted by atomic mass is 9.97. The van der Waals surface area contributed by atoms with E-state index >= 15 is 0 Å². The van der Waals surface area contributed by atoms with Crippen molar-refractivity contribution < 1.29 is 9.32 Å². The Labute approximate surface area is 228 Å². The number of rotatable bonds is 8. The third-order valence-corrected chi connectivity index (χ3v) is 7.74. The summed E-state index contributed by atoms with van der Waals surface area (Å²) >= 11 is 12.3. The standard InChI is InChI=1S/C28H33Cl2N5O2/c29-23-9-10-24(25(30)15-23)27-32-26(37-33-27)19-35-13-5-8-22(18-35)28(36)31-16-20-6-4-7-21(14-20)17-34-11-2-1-3-12-34/h4,6-7,9-10,14-15,22H,1-3,5,8,11-13,16-19H2,(H,31,36). The quantitative estimate of drug-likeness (QED) is 0.402. The van der Waals surface area contributed by atoms with Gasteiger partial charge in [-0.15, -0.1) is 0 Å². The molecule has 1 atom stereocenters. The molecule has 9 heteroatoms. The predicted molar refractivity (Wildman–Crippen MR) is 145 cm³/mol. The number of nitrogens with one attached hydrogen (secondary N) is 1. The number of aromatic nitrogens is 2. The summed E-state index contributed by atoms with van der Waals surface area (Å²) < 4.78 is 5.48. The largest absolute Gasteiger partial charge is 0.352 e. The molecule has 7 nitrogen and oxygen atoms in total. The van der Waals surface area contributed by atoms with Crippen LogP contribution in [0.4, 0.5) is 0 Å². The first-order chi connectivity index (χ1) is 18.0. The fraction of sp³-hybridized carbons (Fsp3) is 0.464. The normalized spacial score (nSPS) is 19.1. The van der Waals surface area contributed by atoms with Gasteiger partial charge in [0.25, 0.3) is 0 Å². The summed E-state index contributed by atoms with van der Waals surface area (Å²) in [5.41, 5.74) is 3.14. The molecule has 3 heterocycles. The van der Waals surface area contributed by atoms with Gasteiger partial charge in [-0.2, -0.15) is 4.98 Å². The highest BCUT2D eigenvalue weighted by atomic mass is 35.5. The number of likely N-dealkylation sites (tertiary alicyclic amines) is 2. The minimum Gasteiger partial charge on any atom is -0.352 e. The number of piperidine rings is 2. The van der Waals surface area contributed by atoms with Crippen LogP contribution in [0, 0.1) is 5.92 Å². The topological polar surface area (TPSA) is 74.5 Å². The van der Waals surface area contributed by atoms with Crippen molar-refractivity contribution in [2.45, 2.75) is 51.7 Å². The van der Waals surface area contributed by atoms with Crippen molar-refractivity contribution in [1.82, 2.24) is 25.3 Å². The molecule has 2 aromatic carbocycles. The molecule has 2 aliphatic rings. The van der Waals surface area contributed by atoms with Crippen molar-refractivity contribution >= 4 is 29.1 Å². The molecule has 2 aliphatic heterocycles. The van der Waals surface area contributed by atoms with Gasteiger partial charge >= 0.3 is 0 Å². The van der Waals surface area contributed by atoms with E-state index in [9.17, 15) is 4.79 Å². The summed E-state index contributed by atoms with van der Waals surface area (Å²) in [7, 11) is 0. The van der Waals surface area contributed by atoms with E-state index in [1.807, 2.05) is 0 Å². The zero-order valence-electron chi connectivity index (χ0n) is 21.0. The molecule has 196 valence electrons. The highest BCUT2D eigenvalue weighted by molar-refractivity contribution is 6.36. The molecule has 37 heavy (non-hydrogen) atoms. The minimum atomic E-state index is -0.0571. The number of amides is 1. The number of hydrogen-bond acceptors (Lipinski definition) is 6. The molecule has 3 aromatic rings. The van der Waals surface area contributed by atoms with Gasteiger partial charge in [0.05, 0.1) is 17.5 Å². The van der Waals surface area contributed by atoms with Crippen LogP contribution in [-0.4, -0.2) is 52.0 Å². The fourth-order valence-corrected chi connectivity index (χ4v) is 5.74. The monoisotopic (exact) mass is 541 g/mol. The van der Waals surface area contributed by atoms with Crippen LogP contribution in [0.5, 0.6) is 0 Å². The summed E-state index contributed by atoms with van der Waals surface area (Å²) in [6, 6.07) is 13.8. The van der Waals surface area contributed by atoms with E-state index in [1.165, 1.54) is 37.9 Å². The zero-order valence-corrected chi connectivity index (χ0v) is 22.5. The second kappa shape index (κ2) is 12.4. The molecule has 0 spiro atoms. The Morgan fingerprint density at radius 1 is 0.973 bits per heavy atom. The smallest absolute Gasteiger partial charge is 0.241 e. The SMILES string of the molecule is O=C(NCc1cccc(CN2CCCCC2)c1)C1CCCN(Cc2nc(-c3ccc(Cl)cc3Cl)no2)C1. The maximum atomic E-state index is 13.0. The molecule has 1 N–H and O–H groups in total. The van der Waals surface area contributed by atoms with E-state index in [0.717, 1.165) is 31.5 Å². The maximum Gasteiger partial charge on any atom is 0.241 e. The number of carbonyl (C=O) groups is 1. The van der Waals surface area contributed by atoms with Crippen LogP contribution in [0.3, 0.4) is 0 Å². The molecule has 1 unspecified atom stereocenters. The molecule has 0 saturated carbocycles. The van der Waals surface area contributed by atoms with Crippen molar-refractivity contribution in [1.29, 1.82) is 0 Å². The molecule has 0 radical (unpaired) electrons. The van der Waals surface area contributed by atoms with Gasteiger partial charge in [-0.25, -0.2) is 0 Å². The summed E-state index contributed by atoms with van der Waals surface area (Å²) in [6.07, 6.45) is 5.76. The van der Waals surface area contributed by atoms with Crippen molar-refractivity contribution in [2.24, 2.45) is 5.92 Å². The van der Waals surface area contributed by atoms with Crippen molar-refractivity contribution in [3.63, 3.8) is 0 Å². The number of halogens is 2. The average Bonchev–Trinajstić information content (AvgIpc) is 3.36. The van der Waals surface area contributed by atoms with Gasteiger partial charge < -0.3 is 9.84 Å². The second-order valence-electron chi connectivity index (χ2n) is 10.1. The third kappa shape index (κ3) is 7.11. The van der Waals surface area contributed by atoms with Gasteiger partial charge in [0.15, 0.2) is 0 Å². The second-order valence-corrected chi connectivity index (χ2v) is 10.9. The van der Waals surface area contributed by atoms with Crippen LogP contribution in [0.15, 0.2) is 47.0 Å². The Kier molecular flexibility index (Phi) is 8.77. The Balaban J connectivity index is 1.12. The van der Waals surface area contributed by atoms with Gasteiger partial charge in [-0.05, 0) is 74.6 Å². The summed E-state index contributed by atoms with van der Waals surface area (Å²) in [5, 5.41) is 8.28. The van der Waals surface area contributed by atoms with E-state index in [-0.39, 0.29) is 11.8 Å². The van der Waals surface area contributed by atoms with Crippen molar-refractivity contribution in [3.05, 3.63) is 69.5 Å². The Hall–Kier alpha value is -2.45. The van der Waals surface area contributed by atoms with Crippen LogP contribution in [0.1, 0.15) is 49.1 Å². The molecule has 0 aliphatic carbocycles. The Bertz CT molecular complexity index is 1210. The van der Waals surface area contributed by atoms with Gasteiger partial charge in [-0.3, -0.25) is 14.6 Å². The number of hydrogen-bond donors (Lipinski definition) is 1. The lowest BCUT2D eigenvalue weighted by Gasteiger charge is -2.30. The first-order valence-corrected chi connectivity index (χ1v) is 13.9. The molecular weight excluding hydrogens is 509 g/mol. The fourth-order valence-electron chi connectivity index (χ4n) is 5.25. The van der Waals surface area contributed by atoms with Crippen LogP contribution in [0.25, 0.3) is 11.4 Å². The summed E-state index contributed by atoms with van der Waals surface area (Å²) in [5.74, 6) is 0.988. The van der Waals surface area contributed by atoms with Crippen LogP contribution >= 0.6 is 23.2 Å². The van der Waals surface area contributed by atoms with Crippen LogP contribution in [0.2, 0.25) is 10.0 Å². The van der Waals surface area contributed by atoms with Gasteiger partial charge in [0.1, 0.15) is 0 Å².